The van der Waals surface area contributed by atoms with Crippen molar-refractivity contribution in [1.29, 1.82) is 0 Å². The van der Waals surface area contributed by atoms with Crippen LogP contribution < -0.4 is 10.4 Å². The summed E-state index contributed by atoms with van der Waals surface area (Å²) < 4.78 is 0. The summed E-state index contributed by atoms with van der Waals surface area (Å²) in [4.78, 5) is 11.9. The van der Waals surface area contributed by atoms with Crippen molar-refractivity contribution in [2.75, 3.05) is 5.01 Å². The molecule has 2 rings (SSSR count). The van der Waals surface area contributed by atoms with E-state index < -0.39 is 5.41 Å². The Labute approximate surface area is 121 Å². The second-order valence-electron chi connectivity index (χ2n) is 5.97. The minimum atomic E-state index is -0.542. The molecule has 0 spiro atoms. The van der Waals surface area contributed by atoms with E-state index in [1.165, 1.54) is 24.8 Å². The summed E-state index contributed by atoms with van der Waals surface area (Å²) in [5.74, 6) is -0.00507. The summed E-state index contributed by atoms with van der Waals surface area (Å²) in [5, 5.41) is 1.79. The number of carbonyl (C=O) groups excluding carboxylic acids is 1. The topological polar surface area (TPSA) is 32.3 Å². The van der Waals surface area contributed by atoms with E-state index >= 15 is 0 Å². The molecule has 1 aromatic carbocycles. The molecule has 20 heavy (non-hydrogen) atoms. The van der Waals surface area contributed by atoms with Crippen LogP contribution in [0.15, 0.2) is 36.5 Å². The maximum Gasteiger partial charge on any atom is 0.250 e. The lowest BCUT2D eigenvalue weighted by atomic mass is 9.90. The molecule has 0 aromatic heterocycles. The fraction of sp³-hybridized carbons (Fsp3) is 0.471. The van der Waals surface area contributed by atoms with Gasteiger partial charge in [0.2, 0.25) is 5.91 Å². The third kappa shape index (κ3) is 2.72. The molecule has 0 saturated carbocycles. The van der Waals surface area contributed by atoms with E-state index in [0.29, 0.717) is 0 Å². The molecule has 1 amide bonds. The lowest BCUT2D eigenvalue weighted by molar-refractivity contribution is -0.125. The normalized spacial score (nSPS) is 17.4. The zero-order valence-corrected chi connectivity index (χ0v) is 12.7. The highest BCUT2D eigenvalue weighted by atomic mass is 16.2. The van der Waals surface area contributed by atoms with Crippen molar-refractivity contribution < 1.29 is 4.79 Å². The maximum absolute atomic E-state index is 11.9. The van der Waals surface area contributed by atoms with Crippen LogP contribution in [-0.4, -0.2) is 5.91 Å². The smallest absolute Gasteiger partial charge is 0.250 e. The number of aryl methyl sites for hydroxylation is 1. The van der Waals surface area contributed by atoms with Gasteiger partial charge in [-0.3, -0.25) is 15.2 Å². The lowest BCUT2D eigenvalue weighted by Crippen LogP contribution is -2.32. The van der Waals surface area contributed by atoms with Gasteiger partial charge in [-0.15, -0.1) is 0 Å². The molecule has 0 atom stereocenters. The van der Waals surface area contributed by atoms with E-state index in [2.05, 4.69) is 31.1 Å². The molecule has 1 aliphatic rings. The van der Waals surface area contributed by atoms with Gasteiger partial charge in [-0.25, -0.2) is 0 Å². The third-order valence-electron chi connectivity index (χ3n) is 4.04. The molecule has 1 fully saturated rings. The maximum atomic E-state index is 11.9. The Balaban J connectivity index is 2.07. The lowest BCUT2D eigenvalue weighted by Gasteiger charge is -2.21. The van der Waals surface area contributed by atoms with Gasteiger partial charge in [0, 0.05) is 5.70 Å². The van der Waals surface area contributed by atoms with E-state index in [9.17, 15) is 4.79 Å². The highest BCUT2D eigenvalue weighted by molar-refractivity contribution is 5.92. The zero-order valence-electron chi connectivity index (χ0n) is 12.7. The Bertz CT molecular complexity index is 502. The van der Waals surface area contributed by atoms with E-state index in [0.717, 1.165) is 17.8 Å². The van der Waals surface area contributed by atoms with Gasteiger partial charge in [-0.2, -0.15) is 0 Å². The van der Waals surface area contributed by atoms with Crippen molar-refractivity contribution >= 4 is 11.6 Å². The molecule has 108 valence electrons. The Morgan fingerprint density at radius 2 is 1.85 bits per heavy atom. The standard InChI is InChI=1S/C17H24N2O/c1-5-6-7-8-14-9-11-15(12-10-14)19-13(2)17(3,4)16(20)18-19/h9-12H,2,5-8H2,1,3-4H3,(H,18,20). The number of nitrogens with one attached hydrogen (secondary N) is 1. The molecule has 0 radical (unpaired) electrons. The van der Waals surface area contributed by atoms with Crippen LogP contribution in [0.5, 0.6) is 0 Å². The first-order valence-corrected chi connectivity index (χ1v) is 7.36. The number of anilines is 1. The van der Waals surface area contributed by atoms with Gasteiger partial charge >= 0.3 is 0 Å². The molecule has 1 aromatic rings. The first-order chi connectivity index (χ1) is 9.46. The minimum absolute atomic E-state index is 0.00507. The van der Waals surface area contributed by atoms with Crippen molar-refractivity contribution in [1.82, 2.24) is 5.43 Å². The summed E-state index contributed by atoms with van der Waals surface area (Å²) in [6.07, 6.45) is 4.87. The molecule has 0 bridgehead atoms. The van der Waals surface area contributed by atoms with Crippen LogP contribution in [0.25, 0.3) is 0 Å². The first kappa shape index (κ1) is 14.6. The number of benzene rings is 1. The Morgan fingerprint density at radius 3 is 2.35 bits per heavy atom. The van der Waals surface area contributed by atoms with Crippen molar-refractivity contribution in [3.63, 3.8) is 0 Å². The number of amides is 1. The molecule has 0 unspecified atom stereocenters. The van der Waals surface area contributed by atoms with Gasteiger partial charge in [-0.1, -0.05) is 38.5 Å². The molecule has 1 heterocycles. The quantitative estimate of drug-likeness (QED) is 0.827. The number of hydrogen-bond acceptors (Lipinski definition) is 2. The van der Waals surface area contributed by atoms with Crippen LogP contribution in [0.3, 0.4) is 0 Å². The van der Waals surface area contributed by atoms with Gasteiger partial charge in [0.05, 0.1) is 11.1 Å². The molecule has 1 aliphatic heterocycles. The number of rotatable bonds is 5. The van der Waals surface area contributed by atoms with Crippen molar-refractivity contribution in [2.45, 2.75) is 46.5 Å². The number of hydrogen-bond donors (Lipinski definition) is 1. The van der Waals surface area contributed by atoms with Crippen LogP contribution in [0, 0.1) is 5.41 Å². The fourth-order valence-electron chi connectivity index (χ4n) is 2.33. The largest absolute Gasteiger partial charge is 0.272 e. The van der Waals surface area contributed by atoms with Crippen LogP contribution >= 0.6 is 0 Å². The van der Waals surface area contributed by atoms with Gasteiger partial charge in [-0.05, 0) is 44.4 Å². The van der Waals surface area contributed by atoms with E-state index in [4.69, 9.17) is 0 Å². The number of hydrazine groups is 1. The van der Waals surface area contributed by atoms with Gasteiger partial charge in [0.25, 0.3) is 0 Å². The highest BCUT2D eigenvalue weighted by Crippen LogP contribution is 2.35. The summed E-state index contributed by atoms with van der Waals surface area (Å²) in [6.45, 7) is 10.0. The average Bonchev–Trinajstić information content (AvgIpc) is 2.63. The van der Waals surface area contributed by atoms with Gasteiger partial charge in [0.15, 0.2) is 0 Å². The third-order valence-corrected chi connectivity index (χ3v) is 4.04. The monoisotopic (exact) mass is 272 g/mol. The molecule has 0 aliphatic carbocycles. The van der Waals surface area contributed by atoms with Crippen LogP contribution in [0.1, 0.15) is 45.6 Å². The molecule has 3 heteroatoms. The summed E-state index contributed by atoms with van der Waals surface area (Å²) in [5.41, 5.74) is 5.44. The highest BCUT2D eigenvalue weighted by Gasteiger charge is 2.42. The van der Waals surface area contributed by atoms with Crippen LogP contribution in [-0.2, 0) is 11.2 Å². The molecule has 1 N–H and O–H groups in total. The Morgan fingerprint density at radius 1 is 1.20 bits per heavy atom. The van der Waals surface area contributed by atoms with E-state index in [1.807, 2.05) is 26.0 Å². The summed E-state index contributed by atoms with van der Waals surface area (Å²) in [7, 11) is 0. The molecule has 3 nitrogen and oxygen atoms in total. The minimum Gasteiger partial charge on any atom is -0.272 e. The molecular weight excluding hydrogens is 248 g/mol. The predicted molar refractivity (Wildman–Crippen MR) is 83.2 cm³/mol. The fourth-order valence-corrected chi connectivity index (χ4v) is 2.33. The first-order valence-electron chi connectivity index (χ1n) is 7.36. The summed E-state index contributed by atoms with van der Waals surface area (Å²) >= 11 is 0. The van der Waals surface area contributed by atoms with Crippen molar-refractivity contribution in [3.05, 3.63) is 42.1 Å². The van der Waals surface area contributed by atoms with Crippen LogP contribution in [0.2, 0.25) is 0 Å². The van der Waals surface area contributed by atoms with E-state index in [-0.39, 0.29) is 5.91 Å². The van der Waals surface area contributed by atoms with Gasteiger partial charge < -0.3 is 0 Å². The zero-order chi connectivity index (χ0) is 14.8. The van der Waals surface area contributed by atoms with Crippen molar-refractivity contribution in [2.24, 2.45) is 5.41 Å². The van der Waals surface area contributed by atoms with E-state index in [1.54, 1.807) is 5.01 Å². The second kappa shape index (κ2) is 5.70. The second-order valence-corrected chi connectivity index (χ2v) is 5.97. The molecule has 1 saturated heterocycles. The van der Waals surface area contributed by atoms with Crippen LogP contribution in [0.4, 0.5) is 5.69 Å². The molecular formula is C17H24N2O. The van der Waals surface area contributed by atoms with Crippen molar-refractivity contribution in [3.8, 4) is 0 Å². The summed E-state index contributed by atoms with van der Waals surface area (Å²) in [6, 6.07) is 8.37. The predicted octanol–water partition coefficient (Wildman–Crippen LogP) is 3.81. The number of nitrogens with zero attached hydrogens (tertiary/aromatic N) is 1. The average molecular weight is 272 g/mol. The number of carbonyl (C=O) groups is 1. The Kier molecular flexibility index (Phi) is 4.17. The number of unbranched alkanes of at least 4 members (excludes halogenated alkanes) is 2. The van der Waals surface area contributed by atoms with Gasteiger partial charge in [0.1, 0.15) is 0 Å². The SMILES string of the molecule is C=C1N(c2ccc(CCCCC)cc2)NC(=O)C1(C)C. The Hall–Kier alpha value is -1.77.